The Balaban J connectivity index is 3.08. The van der Waals surface area contributed by atoms with Gasteiger partial charge in [0.1, 0.15) is 6.67 Å². The highest BCUT2D eigenvalue weighted by Gasteiger charge is 2.04. The summed E-state index contributed by atoms with van der Waals surface area (Å²) in [5.74, 6) is -1.25. The third-order valence-electron chi connectivity index (χ3n) is 4.92. The number of amides is 1. The van der Waals surface area contributed by atoms with E-state index in [0.717, 1.165) is 0 Å². The van der Waals surface area contributed by atoms with Crippen molar-refractivity contribution in [3.63, 3.8) is 0 Å². The zero-order chi connectivity index (χ0) is 30.6. The molecule has 0 saturated heterocycles. The van der Waals surface area contributed by atoms with E-state index in [1.54, 1.807) is 0 Å². The Hall–Kier alpha value is -1.53. The molecule has 0 aromatic carbocycles. The molecule has 0 aromatic heterocycles. The van der Waals surface area contributed by atoms with Crippen LogP contribution in [0.3, 0.4) is 0 Å². The van der Waals surface area contributed by atoms with Crippen molar-refractivity contribution in [3.05, 3.63) is 0 Å². The van der Waals surface area contributed by atoms with Gasteiger partial charge in [-0.1, -0.05) is 0 Å². The Labute approximate surface area is 248 Å². The number of carboxylic acids is 1. The molecule has 0 aliphatic rings. The molecular formula is C27H52FNO13. The largest absolute Gasteiger partial charge is 0.481 e. The summed E-state index contributed by atoms with van der Waals surface area (Å²) in [7, 11) is 0. The lowest BCUT2D eigenvalue weighted by atomic mass is 10.3. The first-order valence-electron chi connectivity index (χ1n) is 14.5. The Bertz CT molecular complexity index is 578. The van der Waals surface area contributed by atoms with Gasteiger partial charge in [-0.2, -0.15) is 0 Å². The molecule has 0 bridgehead atoms. The standard InChI is InChI=1S/C27H52FNO13/c28-4-7-34-9-11-36-13-15-38-17-19-40-21-23-42-25-24-41-22-20-39-18-16-37-14-12-35-10-8-33-6-1-5-29-26(30)2-3-27(31)32/h1-25H2,(H,29,30)(H,31,32). The summed E-state index contributed by atoms with van der Waals surface area (Å²) in [4.78, 5) is 21.7. The molecule has 0 heterocycles. The maximum atomic E-state index is 11.8. The van der Waals surface area contributed by atoms with Crippen LogP contribution < -0.4 is 5.32 Å². The van der Waals surface area contributed by atoms with Crippen molar-refractivity contribution >= 4 is 11.9 Å². The Morgan fingerprint density at radius 3 is 1.02 bits per heavy atom. The van der Waals surface area contributed by atoms with Crippen LogP contribution in [0.5, 0.6) is 0 Å². The van der Waals surface area contributed by atoms with E-state index in [9.17, 15) is 14.0 Å². The maximum absolute atomic E-state index is 11.8. The normalized spacial score (nSPS) is 11.3. The van der Waals surface area contributed by atoms with E-state index in [1.165, 1.54) is 0 Å². The van der Waals surface area contributed by atoms with Gasteiger partial charge in [0.25, 0.3) is 0 Å². The number of rotatable bonds is 36. The Morgan fingerprint density at radius 1 is 0.452 bits per heavy atom. The second kappa shape index (κ2) is 35.7. The molecule has 1 amide bonds. The number of hydrogen-bond acceptors (Lipinski definition) is 12. The zero-order valence-corrected chi connectivity index (χ0v) is 24.9. The summed E-state index contributed by atoms with van der Waals surface area (Å²) < 4.78 is 65.3. The second-order valence-electron chi connectivity index (χ2n) is 8.41. The van der Waals surface area contributed by atoms with Crippen LogP contribution >= 0.6 is 0 Å². The fourth-order valence-corrected chi connectivity index (χ4v) is 2.85. The lowest BCUT2D eigenvalue weighted by Crippen LogP contribution is -2.25. The van der Waals surface area contributed by atoms with E-state index in [2.05, 4.69) is 5.32 Å². The van der Waals surface area contributed by atoms with E-state index < -0.39 is 12.6 Å². The van der Waals surface area contributed by atoms with Crippen LogP contribution in [0, 0.1) is 0 Å². The first-order valence-corrected chi connectivity index (χ1v) is 14.5. The van der Waals surface area contributed by atoms with Crippen LogP contribution in [0.15, 0.2) is 0 Å². The molecule has 0 rings (SSSR count). The van der Waals surface area contributed by atoms with Gasteiger partial charge in [0, 0.05) is 19.6 Å². The number of carbonyl (C=O) groups excluding carboxylic acids is 1. The van der Waals surface area contributed by atoms with Crippen molar-refractivity contribution in [1.29, 1.82) is 0 Å². The summed E-state index contributed by atoms with van der Waals surface area (Å²) in [6.07, 6.45) is 0.472. The number of carboxylic acid groups (broad SMARTS) is 1. The number of nitrogens with one attached hydrogen (secondary N) is 1. The highest BCUT2D eigenvalue weighted by molar-refractivity contribution is 5.80. The molecular weight excluding hydrogens is 565 g/mol. The van der Waals surface area contributed by atoms with Crippen LogP contribution in [0.25, 0.3) is 0 Å². The third-order valence-corrected chi connectivity index (χ3v) is 4.92. The van der Waals surface area contributed by atoms with Crippen LogP contribution in [0.1, 0.15) is 19.3 Å². The average Bonchev–Trinajstić information content (AvgIpc) is 2.98. The molecule has 0 radical (unpaired) electrons. The summed E-state index contributed by atoms with van der Waals surface area (Å²) in [5, 5.41) is 11.2. The Morgan fingerprint density at radius 2 is 0.738 bits per heavy atom. The van der Waals surface area contributed by atoms with Crippen molar-refractivity contribution in [2.45, 2.75) is 19.3 Å². The van der Waals surface area contributed by atoms with Gasteiger partial charge < -0.3 is 57.8 Å². The minimum atomic E-state index is -0.985. The van der Waals surface area contributed by atoms with E-state index >= 15 is 0 Å². The van der Waals surface area contributed by atoms with Crippen LogP contribution in [-0.4, -0.2) is 162 Å². The molecule has 0 saturated carbocycles. The predicted molar refractivity (Wildman–Crippen MR) is 149 cm³/mol. The highest BCUT2D eigenvalue weighted by atomic mass is 19.1. The number of alkyl halides is 1. The summed E-state index contributed by atoms with van der Waals surface area (Å²) in [6.45, 7) is 8.91. The van der Waals surface area contributed by atoms with Gasteiger partial charge >= 0.3 is 5.97 Å². The van der Waals surface area contributed by atoms with Gasteiger partial charge in [0.2, 0.25) is 5.91 Å². The lowest BCUT2D eigenvalue weighted by Gasteiger charge is -2.09. The minimum absolute atomic E-state index is 0.0119. The van der Waals surface area contributed by atoms with Gasteiger partial charge in [-0.05, 0) is 6.42 Å². The van der Waals surface area contributed by atoms with Crippen molar-refractivity contribution in [3.8, 4) is 0 Å². The number of halogens is 1. The molecule has 0 atom stereocenters. The maximum Gasteiger partial charge on any atom is 0.303 e. The Kier molecular flexibility index (Phi) is 34.4. The molecule has 2 N–H and O–H groups in total. The quantitative estimate of drug-likeness (QED) is 0.0937. The first-order chi connectivity index (χ1) is 20.7. The summed E-state index contributed by atoms with van der Waals surface area (Å²) in [6, 6.07) is 0. The monoisotopic (exact) mass is 617 g/mol. The molecule has 14 nitrogen and oxygen atoms in total. The number of aliphatic carboxylic acids is 1. The zero-order valence-electron chi connectivity index (χ0n) is 24.9. The molecule has 0 fully saturated rings. The smallest absolute Gasteiger partial charge is 0.303 e. The average molecular weight is 618 g/mol. The molecule has 0 unspecified atom stereocenters. The molecule has 250 valence electrons. The topological polar surface area (TPSA) is 159 Å². The van der Waals surface area contributed by atoms with E-state index in [4.69, 9.17) is 52.5 Å². The van der Waals surface area contributed by atoms with Crippen LogP contribution in [0.2, 0.25) is 0 Å². The van der Waals surface area contributed by atoms with Crippen molar-refractivity contribution in [2.24, 2.45) is 0 Å². The van der Waals surface area contributed by atoms with Crippen molar-refractivity contribution < 1.29 is 66.5 Å². The molecule has 0 aromatic rings. The van der Waals surface area contributed by atoms with E-state index in [0.29, 0.717) is 138 Å². The van der Waals surface area contributed by atoms with Gasteiger partial charge in [-0.15, -0.1) is 0 Å². The molecule has 0 aliphatic carbocycles. The van der Waals surface area contributed by atoms with E-state index in [-0.39, 0.29) is 25.4 Å². The lowest BCUT2D eigenvalue weighted by molar-refractivity contribution is -0.138. The van der Waals surface area contributed by atoms with Crippen LogP contribution in [0.4, 0.5) is 4.39 Å². The fraction of sp³-hybridized carbons (Fsp3) is 0.926. The van der Waals surface area contributed by atoms with Crippen LogP contribution in [-0.2, 0) is 57.0 Å². The van der Waals surface area contributed by atoms with Gasteiger partial charge in [-0.3, -0.25) is 9.59 Å². The van der Waals surface area contributed by atoms with E-state index in [1.807, 2.05) is 0 Å². The SMILES string of the molecule is O=C(O)CCC(=O)NCCCOCCOCCOCCOCCOCCOCCOCCOCCOCCOCCF. The molecule has 42 heavy (non-hydrogen) atoms. The minimum Gasteiger partial charge on any atom is -0.481 e. The third kappa shape index (κ3) is 36.5. The predicted octanol–water partition coefficient (Wildman–Crippen LogP) is 0.493. The second-order valence-corrected chi connectivity index (χ2v) is 8.41. The molecule has 0 aliphatic heterocycles. The van der Waals surface area contributed by atoms with Gasteiger partial charge in [0.05, 0.1) is 132 Å². The van der Waals surface area contributed by atoms with Gasteiger partial charge in [0.15, 0.2) is 0 Å². The van der Waals surface area contributed by atoms with Gasteiger partial charge in [-0.25, -0.2) is 4.39 Å². The van der Waals surface area contributed by atoms with Crippen molar-refractivity contribution in [1.82, 2.24) is 5.32 Å². The summed E-state index contributed by atoms with van der Waals surface area (Å²) >= 11 is 0. The first kappa shape index (κ1) is 40.5. The number of carbonyl (C=O) groups is 2. The summed E-state index contributed by atoms with van der Waals surface area (Å²) in [5.41, 5.74) is 0. The molecule has 15 heteroatoms. The van der Waals surface area contributed by atoms with Crippen molar-refractivity contribution in [2.75, 3.05) is 145 Å². The highest BCUT2D eigenvalue weighted by Crippen LogP contribution is 1.90. The number of hydrogen-bond donors (Lipinski definition) is 2. The molecule has 0 spiro atoms. The fourth-order valence-electron chi connectivity index (χ4n) is 2.85. The number of ether oxygens (including phenoxy) is 10.